The van der Waals surface area contributed by atoms with Gasteiger partial charge in [-0.2, -0.15) is 4.31 Å². The fourth-order valence-electron chi connectivity index (χ4n) is 2.55. The van der Waals surface area contributed by atoms with Gasteiger partial charge in [-0.1, -0.05) is 0 Å². The maximum Gasteiger partial charge on any atom is 0.252 e. The highest BCUT2D eigenvalue weighted by Crippen LogP contribution is 2.29. The maximum atomic E-state index is 12.7. The summed E-state index contributed by atoms with van der Waals surface area (Å²) < 4.78 is 27.3. The summed E-state index contributed by atoms with van der Waals surface area (Å²) >= 11 is 1.21. The highest BCUT2D eigenvalue weighted by molar-refractivity contribution is 7.91. The first-order valence-electron chi connectivity index (χ1n) is 7.39. The summed E-state index contributed by atoms with van der Waals surface area (Å²) in [7, 11) is -3.46. The molecule has 8 heteroatoms. The van der Waals surface area contributed by atoms with Crippen LogP contribution in [0.4, 0.5) is 0 Å². The Morgan fingerprint density at radius 1 is 1.55 bits per heavy atom. The lowest BCUT2D eigenvalue weighted by Gasteiger charge is -2.33. The van der Waals surface area contributed by atoms with Crippen LogP contribution in [-0.2, 0) is 21.4 Å². The van der Waals surface area contributed by atoms with E-state index < -0.39 is 10.0 Å². The first-order valence-corrected chi connectivity index (χ1v) is 9.65. The van der Waals surface area contributed by atoms with Gasteiger partial charge in [-0.05, 0) is 37.8 Å². The van der Waals surface area contributed by atoms with Crippen LogP contribution in [0.2, 0.25) is 0 Å². The summed E-state index contributed by atoms with van der Waals surface area (Å²) in [6, 6.07) is 3.37. The van der Waals surface area contributed by atoms with E-state index in [-0.39, 0.29) is 17.9 Å². The number of hydrogen-bond acceptors (Lipinski definition) is 5. The van der Waals surface area contributed by atoms with E-state index in [0.29, 0.717) is 23.8 Å². The van der Waals surface area contributed by atoms with E-state index in [4.69, 9.17) is 5.73 Å². The maximum absolute atomic E-state index is 12.7. The van der Waals surface area contributed by atoms with Crippen molar-refractivity contribution in [2.75, 3.05) is 13.1 Å². The van der Waals surface area contributed by atoms with Crippen LogP contribution >= 0.6 is 11.3 Å². The molecule has 2 rings (SSSR count). The van der Waals surface area contributed by atoms with Crippen molar-refractivity contribution in [2.45, 2.75) is 43.5 Å². The van der Waals surface area contributed by atoms with Crippen LogP contribution < -0.4 is 11.1 Å². The van der Waals surface area contributed by atoms with E-state index >= 15 is 0 Å². The van der Waals surface area contributed by atoms with Crippen LogP contribution in [0.15, 0.2) is 16.3 Å². The number of amides is 1. The van der Waals surface area contributed by atoms with Crippen LogP contribution in [0.1, 0.15) is 31.6 Å². The van der Waals surface area contributed by atoms with Gasteiger partial charge in [0.15, 0.2) is 0 Å². The molecule has 6 nitrogen and oxygen atoms in total. The lowest BCUT2D eigenvalue weighted by atomic mass is 9.93. The van der Waals surface area contributed by atoms with Crippen molar-refractivity contribution < 1.29 is 13.2 Å². The molecule has 2 heterocycles. The Kier molecular flexibility index (Phi) is 5.60. The molecule has 1 aliphatic heterocycles. The zero-order valence-electron chi connectivity index (χ0n) is 12.9. The first-order chi connectivity index (χ1) is 10.3. The second kappa shape index (κ2) is 7.08. The predicted molar refractivity (Wildman–Crippen MR) is 87.0 cm³/mol. The molecular formula is C14H23N3O3S2. The fourth-order valence-corrected chi connectivity index (χ4v) is 5.54. The molecule has 22 heavy (non-hydrogen) atoms. The number of piperidine rings is 1. The molecule has 3 N–H and O–H groups in total. The van der Waals surface area contributed by atoms with Crippen molar-refractivity contribution in [1.29, 1.82) is 0 Å². The topological polar surface area (TPSA) is 92.5 Å². The minimum absolute atomic E-state index is 0.00309. The smallest absolute Gasteiger partial charge is 0.252 e. The lowest BCUT2D eigenvalue weighted by molar-refractivity contribution is -0.119. The second-order valence-corrected chi connectivity index (χ2v) is 9.09. The van der Waals surface area contributed by atoms with Crippen LogP contribution in [-0.4, -0.2) is 37.8 Å². The summed E-state index contributed by atoms with van der Waals surface area (Å²) in [4.78, 5) is 11.8. The molecule has 1 aliphatic rings. The zero-order chi connectivity index (χ0) is 16.3. The predicted octanol–water partition coefficient (Wildman–Crippen LogP) is 1.13. The molecule has 124 valence electrons. The van der Waals surface area contributed by atoms with Gasteiger partial charge in [0.2, 0.25) is 5.91 Å². The molecule has 0 aromatic carbocycles. The number of carbonyl (C=O) groups is 1. The Hall–Kier alpha value is -0.960. The van der Waals surface area contributed by atoms with E-state index in [0.717, 1.165) is 17.7 Å². The standard InChI is InChI=1S/C14H23N3O3S2/c1-10(15)12-4-3-7-17(9-12)22(19,20)14-6-5-13(21-14)8-16-11(2)18/h5-6,10,12H,3-4,7-9,15H2,1-2H3,(H,16,18)/t10-,12+/m1/s1. The van der Waals surface area contributed by atoms with Crippen molar-refractivity contribution in [3.05, 3.63) is 17.0 Å². The molecule has 0 aliphatic carbocycles. The SMILES string of the molecule is CC(=O)NCc1ccc(S(=O)(=O)N2CCC[C@H]([C@@H](C)N)C2)s1. The average Bonchev–Trinajstić information content (AvgIpc) is 2.95. The summed E-state index contributed by atoms with van der Waals surface area (Å²) in [5, 5.41) is 2.67. The minimum Gasteiger partial charge on any atom is -0.351 e. The summed E-state index contributed by atoms with van der Waals surface area (Å²) in [5.74, 6) is 0.0796. The van der Waals surface area contributed by atoms with Crippen LogP contribution in [0, 0.1) is 5.92 Å². The highest BCUT2D eigenvalue weighted by atomic mass is 32.2. The fraction of sp³-hybridized carbons (Fsp3) is 0.643. The van der Waals surface area contributed by atoms with Gasteiger partial charge in [-0.25, -0.2) is 8.42 Å². The van der Waals surface area contributed by atoms with Crippen LogP contribution in [0.5, 0.6) is 0 Å². The van der Waals surface area contributed by atoms with Gasteiger partial charge < -0.3 is 11.1 Å². The van der Waals surface area contributed by atoms with Crippen molar-refractivity contribution >= 4 is 27.3 Å². The summed E-state index contributed by atoms with van der Waals surface area (Å²) in [6.07, 6.45) is 1.82. The summed E-state index contributed by atoms with van der Waals surface area (Å²) in [5.41, 5.74) is 5.92. The first kappa shape index (κ1) is 17.4. The molecule has 1 saturated heterocycles. The molecule has 0 spiro atoms. The van der Waals surface area contributed by atoms with Gasteiger partial charge in [0.25, 0.3) is 10.0 Å². The monoisotopic (exact) mass is 345 g/mol. The number of nitrogens with zero attached hydrogens (tertiary/aromatic N) is 1. The van der Waals surface area contributed by atoms with Gasteiger partial charge in [-0.15, -0.1) is 11.3 Å². The third-order valence-corrected chi connectivity index (χ3v) is 7.32. The van der Waals surface area contributed by atoms with Crippen molar-refractivity contribution in [1.82, 2.24) is 9.62 Å². The van der Waals surface area contributed by atoms with Gasteiger partial charge >= 0.3 is 0 Å². The molecule has 0 bridgehead atoms. The second-order valence-electron chi connectivity index (χ2n) is 5.75. The van der Waals surface area contributed by atoms with Crippen molar-refractivity contribution in [3.8, 4) is 0 Å². The Labute approximate surface area is 135 Å². The molecular weight excluding hydrogens is 322 g/mol. The number of nitrogens with one attached hydrogen (secondary N) is 1. The molecule has 0 unspecified atom stereocenters. The van der Waals surface area contributed by atoms with Crippen LogP contribution in [0.3, 0.4) is 0 Å². The Balaban J connectivity index is 2.11. The molecule has 1 aromatic heterocycles. The Bertz CT molecular complexity index is 625. The third-order valence-electron chi connectivity index (χ3n) is 3.91. The Morgan fingerprint density at radius 3 is 2.91 bits per heavy atom. The quantitative estimate of drug-likeness (QED) is 0.837. The van der Waals surface area contributed by atoms with E-state index in [1.165, 1.54) is 18.3 Å². The van der Waals surface area contributed by atoms with Crippen molar-refractivity contribution in [2.24, 2.45) is 11.7 Å². The molecule has 1 aromatic rings. The molecule has 1 fully saturated rings. The van der Waals surface area contributed by atoms with E-state index in [9.17, 15) is 13.2 Å². The van der Waals surface area contributed by atoms with Gasteiger partial charge in [-0.3, -0.25) is 4.79 Å². The average molecular weight is 345 g/mol. The molecule has 1 amide bonds. The molecule has 2 atom stereocenters. The van der Waals surface area contributed by atoms with Crippen LogP contribution in [0.25, 0.3) is 0 Å². The molecule has 0 saturated carbocycles. The zero-order valence-corrected chi connectivity index (χ0v) is 14.5. The highest BCUT2D eigenvalue weighted by Gasteiger charge is 2.32. The van der Waals surface area contributed by atoms with E-state index in [1.54, 1.807) is 16.4 Å². The number of hydrogen-bond donors (Lipinski definition) is 2. The number of thiophene rings is 1. The van der Waals surface area contributed by atoms with Gasteiger partial charge in [0, 0.05) is 30.9 Å². The lowest BCUT2D eigenvalue weighted by Crippen LogP contribution is -2.44. The number of rotatable bonds is 5. The number of nitrogens with two attached hydrogens (primary N) is 1. The van der Waals surface area contributed by atoms with Crippen molar-refractivity contribution in [3.63, 3.8) is 0 Å². The number of carbonyl (C=O) groups excluding carboxylic acids is 1. The van der Waals surface area contributed by atoms with E-state index in [1.807, 2.05) is 6.92 Å². The number of sulfonamides is 1. The van der Waals surface area contributed by atoms with Gasteiger partial charge in [0.05, 0.1) is 6.54 Å². The third kappa shape index (κ3) is 4.07. The minimum atomic E-state index is -3.46. The normalized spacial score (nSPS) is 21.5. The van der Waals surface area contributed by atoms with E-state index in [2.05, 4.69) is 5.32 Å². The molecule has 0 radical (unpaired) electrons. The largest absolute Gasteiger partial charge is 0.351 e. The Morgan fingerprint density at radius 2 is 2.27 bits per heavy atom. The summed E-state index contributed by atoms with van der Waals surface area (Å²) in [6.45, 7) is 4.76. The van der Waals surface area contributed by atoms with Gasteiger partial charge in [0.1, 0.15) is 4.21 Å².